The van der Waals surface area contributed by atoms with Gasteiger partial charge in [-0.05, 0) is 61.8 Å². The molecule has 0 unspecified atom stereocenters. The first-order chi connectivity index (χ1) is 21.0. The standard InChI is InChI=1S/C28H32N4O3.C4H4O4/c1-2-13-32(12-1)14-17-35-27-9-8-25-19-24(27)21-34-16-4-3-15-33-20-22-6-5-7-23(18-22)26-10-11-29-28(30-25)31-26;5-3(6)1-2-4(7)8/h3-11,18-19H,1-2,12-17,20-21H2,(H,29,30,31);1-2H,(H,5,6)(H,7,8)/b4-3+;2-1-. The fourth-order valence-corrected chi connectivity index (χ4v) is 4.49. The summed E-state index contributed by atoms with van der Waals surface area (Å²) in [5.41, 5.74) is 4.88. The highest BCUT2D eigenvalue weighted by molar-refractivity contribution is 5.89. The third-order valence-corrected chi connectivity index (χ3v) is 6.55. The van der Waals surface area contributed by atoms with Crippen LogP contribution in [-0.4, -0.2) is 76.5 Å². The second-order valence-electron chi connectivity index (χ2n) is 9.82. The number of rotatable bonds is 6. The second kappa shape index (κ2) is 16.8. The molecule has 226 valence electrons. The van der Waals surface area contributed by atoms with Crippen LogP contribution in [0.25, 0.3) is 11.3 Å². The normalized spacial score (nSPS) is 16.2. The fourth-order valence-electron chi connectivity index (χ4n) is 4.49. The van der Waals surface area contributed by atoms with Gasteiger partial charge in [0.2, 0.25) is 5.95 Å². The lowest BCUT2D eigenvalue weighted by atomic mass is 10.1. The van der Waals surface area contributed by atoms with Crippen LogP contribution in [0.4, 0.5) is 11.6 Å². The number of nitrogens with one attached hydrogen (secondary N) is 1. The quantitative estimate of drug-likeness (QED) is 0.273. The van der Waals surface area contributed by atoms with E-state index in [0.717, 1.165) is 40.4 Å². The Morgan fingerprint density at radius 3 is 2.44 bits per heavy atom. The first kappa shape index (κ1) is 31.4. The largest absolute Gasteiger partial charge is 0.492 e. The topological polar surface area (TPSA) is 143 Å². The van der Waals surface area contributed by atoms with Crippen LogP contribution in [0.1, 0.15) is 24.0 Å². The van der Waals surface area contributed by atoms with E-state index in [1.54, 1.807) is 6.20 Å². The van der Waals surface area contributed by atoms with Gasteiger partial charge in [-0.15, -0.1) is 0 Å². The maximum absolute atomic E-state index is 9.55. The van der Waals surface area contributed by atoms with Crippen LogP contribution < -0.4 is 10.1 Å². The molecule has 0 amide bonds. The minimum atomic E-state index is -1.26. The lowest BCUT2D eigenvalue weighted by Gasteiger charge is -2.17. The number of anilines is 2. The number of benzene rings is 2. The molecule has 5 rings (SSSR count). The van der Waals surface area contributed by atoms with E-state index >= 15 is 0 Å². The predicted octanol–water partition coefficient (Wildman–Crippen LogP) is 4.68. The van der Waals surface area contributed by atoms with Crippen LogP contribution in [-0.2, 0) is 32.3 Å². The van der Waals surface area contributed by atoms with E-state index in [1.807, 2.05) is 36.4 Å². The van der Waals surface area contributed by atoms with Crippen molar-refractivity contribution in [1.82, 2.24) is 14.9 Å². The van der Waals surface area contributed by atoms with Gasteiger partial charge in [0.05, 0.1) is 32.1 Å². The zero-order chi connectivity index (χ0) is 30.3. The molecule has 0 radical (unpaired) electrons. The molecular weight excluding hydrogens is 552 g/mol. The molecule has 3 heterocycles. The molecule has 11 nitrogen and oxygen atoms in total. The van der Waals surface area contributed by atoms with Crippen LogP contribution in [0.5, 0.6) is 5.75 Å². The van der Waals surface area contributed by atoms with Gasteiger partial charge in [0.1, 0.15) is 12.4 Å². The smallest absolute Gasteiger partial charge is 0.328 e. The maximum atomic E-state index is 9.55. The molecule has 1 saturated heterocycles. The molecule has 3 N–H and O–H groups in total. The van der Waals surface area contributed by atoms with E-state index < -0.39 is 11.9 Å². The average Bonchev–Trinajstić information content (AvgIpc) is 3.52. The van der Waals surface area contributed by atoms with Crippen molar-refractivity contribution in [2.24, 2.45) is 0 Å². The number of nitrogens with zero attached hydrogens (tertiary/aromatic N) is 3. The Balaban J connectivity index is 0.000000467. The van der Waals surface area contributed by atoms with Gasteiger partial charge in [-0.1, -0.05) is 30.4 Å². The minimum Gasteiger partial charge on any atom is -0.492 e. The molecule has 0 saturated carbocycles. The van der Waals surface area contributed by atoms with Crippen molar-refractivity contribution in [1.29, 1.82) is 0 Å². The van der Waals surface area contributed by atoms with Crippen molar-refractivity contribution in [2.75, 3.05) is 44.8 Å². The Kier molecular flexibility index (Phi) is 12.2. The third-order valence-electron chi connectivity index (χ3n) is 6.55. The molecule has 0 spiro atoms. The fraction of sp³-hybridized carbons (Fsp3) is 0.312. The molecule has 0 atom stereocenters. The molecule has 11 heteroatoms. The van der Waals surface area contributed by atoms with Gasteiger partial charge in [-0.2, -0.15) is 0 Å². The summed E-state index contributed by atoms with van der Waals surface area (Å²) in [5.74, 6) is -1.12. The monoisotopic (exact) mass is 588 g/mol. The highest BCUT2D eigenvalue weighted by Gasteiger charge is 2.13. The average molecular weight is 589 g/mol. The molecule has 2 aliphatic rings. The minimum absolute atomic E-state index is 0.450. The number of hydrogen-bond acceptors (Lipinski definition) is 9. The summed E-state index contributed by atoms with van der Waals surface area (Å²) in [6, 6.07) is 16.2. The zero-order valence-corrected chi connectivity index (χ0v) is 23.9. The Morgan fingerprint density at radius 2 is 1.70 bits per heavy atom. The van der Waals surface area contributed by atoms with Crippen molar-refractivity contribution in [3.63, 3.8) is 0 Å². The van der Waals surface area contributed by atoms with Gasteiger partial charge in [0, 0.05) is 41.7 Å². The van der Waals surface area contributed by atoms with Gasteiger partial charge in [-0.3, -0.25) is 4.90 Å². The highest BCUT2D eigenvalue weighted by Crippen LogP contribution is 2.27. The SMILES string of the molecule is C1=C/COCc2cc(ccc2OCCN2CCCC2)Nc2nccc(n2)-c2cccc(c2)COC/1.O=C(O)/C=C\C(=O)O. The number of hydrogen-bond donors (Lipinski definition) is 3. The number of aromatic nitrogens is 2. The number of carboxylic acids is 2. The van der Waals surface area contributed by atoms with Crippen LogP contribution in [0.2, 0.25) is 0 Å². The van der Waals surface area contributed by atoms with E-state index in [4.69, 9.17) is 29.4 Å². The lowest BCUT2D eigenvalue weighted by Crippen LogP contribution is -2.25. The summed E-state index contributed by atoms with van der Waals surface area (Å²) >= 11 is 0. The molecule has 6 bridgehead atoms. The zero-order valence-electron chi connectivity index (χ0n) is 23.9. The van der Waals surface area contributed by atoms with Gasteiger partial charge in [-0.25, -0.2) is 19.6 Å². The predicted molar refractivity (Wildman–Crippen MR) is 161 cm³/mol. The first-order valence-corrected chi connectivity index (χ1v) is 14.1. The second-order valence-corrected chi connectivity index (χ2v) is 9.82. The molecule has 1 aromatic heterocycles. The summed E-state index contributed by atoms with van der Waals surface area (Å²) in [4.78, 5) is 30.7. The molecule has 1 fully saturated rings. The first-order valence-electron chi connectivity index (χ1n) is 14.1. The Bertz CT molecular complexity index is 1400. The number of ether oxygens (including phenoxy) is 3. The van der Waals surface area contributed by atoms with Crippen LogP contribution in [0, 0.1) is 0 Å². The number of aliphatic carboxylic acids is 2. The Hall–Kier alpha value is -4.58. The van der Waals surface area contributed by atoms with Crippen molar-refractivity contribution >= 4 is 23.6 Å². The molecule has 0 aliphatic carbocycles. The van der Waals surface area contributed by atoms with Gasteiger partial charge in [0.25, 0.3) is 0 Å². The molecule has 2 aromatic carbocycles. The van der Waals surface area contributed by atoms with Crippen LogP contribution >= 0.6 is 0 Å². The molecule has 43 heavy (non-hydrogen) atoms. The Labute approximate surface area is 250 Å². The van der Waals surface area contributed by atoms with Gasteiger partial charge >= 0.3 is 11.9 Å². The molecule has 2 aliphatic heterocycles. The number of carboxylic acid groups (broad SMARTS) is 2. The number of fused-ring (bicyclic) bond motifs is 7. The van der Waals surface area contributed by atoms with Crippen molar-refractivity contribution in [2.45, 2.75) is 26.1 Å². The van der Waals surface area contributed by atoms with Crippen molar-refractivity contribution in [3.8, 4) is 17.0 Å². The maximum Gasteiger partial charge on any atom is 0.328 e. The molecular formula is C32H36N4O7. The number of likely N-dealkylation sites (tertiary alicyclic amines) is 1. The van der Waals surface area contributed by atoms with Crippen LogP contribution in [0.3, 0.4) is 0 Å². The van der Waals surface area contributed by atoms with E-state index in [9.17, 15) is 9.59 Å². The van der Waals surface area contributed by atoms with E-state index in [2.05, 4.69) is 39.5 Å². The van der Waals surface area contributed by atoms with Crippen molar-refractivity contribution in [3.05, 3.63) is 90.2 Å². The highest BCUT2D eigenvalue weighted by atomic mass is 16.5. The summed E-state index contributed by atoms with van der Waals surface area (Å²) in [5, 5.41) is 19.0. The van der Waals surface area contributed by atoms with Crippen LogP contribution in [0.15, 0.2) is 79.0 Å². The summed E-state index contributed by atoms with van der Waals surface area (Å²) in [6.07, 6.45) is 9.45. The third kappa shape index (κ3) is 11.0. The summed E-state index contributed by atoms with van der Waals surface area (Å²) < 4.78 is 17.9. The van der Waals surface area contributed by atoms with Crippen molar-refractivity contribution < 1.29 is 34.0 Å². The van der Waals surface area contributed by atoms with Gasteiger partial charge in [0.15, 0.2) is 0 Å². The Morgan fingerprint density at radius 1 is 0.953 bits per heavy atom. The number of carbonyl (C=O) groups is 2. The lowest BCUT2D eigenvalue weighted by molar-refractivity contribution is -0.134. The molecule has 3 aromatic rings. The summed E-state index contributed by atoms with van der Waals surface area (Å²) in [6.45, 7) is 5.99. The van der Waals surface area contributed by atoms with E-state index in [0.29, 0.717) is 51.1 Å². The van der Waals surface area contributed by atoms with E-state index in [-0.39, 0.29) is 0 Å². The van der Waals surface area contributed by atoms with E-state index in [1.165, 1.54) is 25.9 Å². The van der Waals surface area contributed by atoms with Gasteiger partial charge < -0.3 is 29.7 Å². The summed E-state index contributed by atoms with van der Waals surface area (Å²) in [7, 11) is 0.